The van der Waals surface area contributed by atoms with Crippen molar-refractivity contribution in [2.75, 3.05) is 77.1 Å². The van der Waals surface area contributed by atoms with Crippen molar-refractivity contribution < 1.29 is 4.74 Å². The van der Waals surface area contributed by atoms with E-state index in [2.05, 4.69) is 69.0 Å². The minimum Gasteiger partial charge on any atom is -0.379 e. The third kappa shape index (κ3) is 5.49. The molecule has 3 aliphatic heterocycles. The van der Waals surface area contributed by atoms with Crippen LogP contribution in [-0.4, -0.2) is 103 Å². The summed E-state index contributed by atoms with van der Waals surface area (Å²) in [5, 5.41) is 3.57. The van der Waals surface area contributed by atoms with Gasteiger partial charge in [-0.15, -0.1) is 0 Å². The summed E-state index contributed by atoms with van der Waals surface area (Å²) < 4.78 is 5.61. The summed E-state index contributed by atoms with van der Waals surface area (Å²) in [6, 6.07) is 10.8. The van der Waals surface area contributed by atoms with Crippen molar-refractivity contribution in [3.05, 3.63) is 35.9 Å². The summed E-state index contributed by atoms with van der Waals surface area (Å²) in [6.45, 7) is 13.1. The Kier molecular flexibility index (Phi) is 7.93. The largest absolute Gasteiger partial charge is 0.379 e. The summed E-state index contributed by atoms with van der Waals surface area (Å²) in [6.07, 6.45) is 1.24. The van der Waals surface area contributed by atoms with Gasteiger partial charge in [0.25, 0.3) is 0 Å². The van der Waals surface area contributed by atoms with Gasteiger partial charge in [0.05, 0.1) is 25.3 Å². The minimum absolute atomic E-state index is 0.213. The van der Waals surface area contributed by atoms with Crippen molar-refractivity contribution in [1.82, 2.24) is 20.0 Å². The van der Waals surface area contributed by atoms with Gasteiger partial charge in [0.2, 0.25) is 0 Å². The lowest BCUT2D eigenvalue weighted by Gasteiger charge is -2.42. The molecule has 1 N–H and O–H groups in total. The molecule has 1 atom stereocenters. The maximum absolute atomic E-state index is 5.61. The number of hydrogen-bond acceptors (Lipinski definition) is 5. The van der Waals surface area contributed by atoms with Gasteiger partial charge in [0.15, 0.2) is 5.96 Å². The Morgan fingerprint density at radius 3 is 2.53 bits per heavy atom. The number of guanidine groups is 1. The van der Waals surface area contributed by atoms with Crippen LogP contribution in [0.2, 0.25) is 0 Å². The second-order valence-electron chi connectivity index (χ2n) is 8.55. The van der Waals surface area contributed by atoms with Crippen LogP contribution in [0, 0.1) is 0 Å². The van der Waals surface area contributed by atoms with E-state index in [0.29, 0.717) is 0 Å². The molecule has 1 aromatic carbocycles. The van der Waals surface area contributed by atoms with Crippen molar-refractivity contribution in [3.63, 3.8) is 0 Å². The smallest absolute Gasteiger partial charge is 0.194 e. The van der Waals surface area contributed by atoms with Crippen LogP contribution in [0.4, 0.5) is 0 Å². The normalized spacial score (nSPS) is 26.8. The number of morpholine rings is 1. The zero-order chi connectivity index (χ0) is 20.7. The molecule has 0 spiro atoms. The van der Waals surface area contributed by atoms with Crippen LogP contribution >= 0.6 is 11.8 Å². The lowest BCUT2D eigenvalue weighted by molar-refractivity contribution is -0.0105. The molecule has 166 valence electrons. The number of nitrogens with one attached hydrogen (secondary N) is 1. The number of aliphatic imine (C=N–C) groups is 1. The first-order valence-corrected chi connectivity index (χ1v) is 12.6. The molecule has 0 aliphatic carbocycles. The molecule has 6 nitrogen and oxygen atoms in total. The first-order chi connectivity index (χ1) is 14.8. The Labute approximate surface area is 186 Å². The monoisotopic (exact) mass is 431 g/mol. The Morgan fingerprint density at radius 2 is 1.87 bits per heavy atom. The molecule has 0 saturated carbocycles. The van der Waals surface area contributed by atoms with Crippen molar-refractivity contribution in [3.8, 4) is 0 Å². The highest BCUT2D eigenvalue weighted by molar-refractivity contribution is 7.99. The van der Waals surface area contributed by atoms with E-state index in [1.165, 1.54) is 23.5 Å². The fourth-order valence-electron chi connectivity index (χ4n) is 4.72. The summed E-state index contributed by atoms with van der Waals surface area (Å²) in [4.78, 5) is 12.9. The molecule has 3 saturated heterocycles. The standard InChI is InChI=1S/C23H37N5OS/c1-2-24-22(25-19-23(8-17-30-20-23)28-13-15-29-16-14-28)27-11-9-26(10-12-27)18-21-6-4-3-5-7-21/h3-7H,2,8-20H2,1H3,(H,24,25). The van der Waals surface area contributed by atoms with Crippen LogP contribution in [0.3, 0.4) is 0 Å². The summed E-state index contributed by atoms with van der Waals surface area (Å²) in [7, 11) is 0. The number of ether oxygens (including phenoxy) is 1. The first kappa shape index (κ1) is 21.9. The number of rotatable bonds is 6. The molecule has 3 aliphatic rings. The average molecular weight is 432 g/mol. The molecule has 0 bridgehead atoms. The zero-order valence-corrected chi connectivity index (χ0v) is 19.2. The van der Waals surface area contributed by atoms with E-state index in [1.54, 1.807) is 0 Å². The van der Waals surface area contributed by atoms with Crippen LogP contribution in [0.25, 0.3) is 0 Å². The molecule has 0 amide bonds. The second-order valence-corrected chi connectivity index (χ2v) is 9.65. The Morgan fingerprint density at radius 1 is 1.10 bits per heavy atom. The summed E-state index contributed by atoms with van der Waals surface area (Å²) >= 11 is 2.08. The highest BCUT2D eigenvalue weighted by atomic mass is 32.2. The molecule has 7 heteroatoms. The lowest BCUT2D eigenvalue weighted by atomic mass is 9.96. The van der Waals surface area contributed by atoms with E-state index in [0.717, 1.165) is 78.1 Å². The van der Waals surface area contributed by atoms with E-state index in [9.17, 15) is 0 Å². The van der Waals surface area contributed by atoms with Crippen molar-refractivity contribution in [2.24, 2.45) is 4.99 Å². The maximum atomic E-state index is 5.61. The van der Waals surface area contributed by atoms with Crippen LogP contribution in [0.15, 0.2) is 35.3 Å². The molecule has 1 unspecified atom stereocenters. The van der Waals surface area contributed by atoms with Crippen LogP contribution in [-0.2, 0) is 11.3 Å². The Balaban J connectivity index is 1.36. The Hall–Kier alpha value is -1.28. The number of thioether (sulfide) groups is 1. The van der Waals surface area contributed by atoms with Gasteiger partial charge in [0.1, 0.15) is 0 Å². The molecular weight excluding hydrogens is 394 g/mol. The predicted octanol–water partition coefficient (Wildman–Crippen LogP) is 1.98. The lowest BCUT2D eigenvalue weighted by Crippen LogP contribution is -2.57. The number of hydrogen-bond donors (Lipinski definition) is 1. The maximum Gasteiger partial charge on any atom is 0.194 e. The molecule has 3 fully saturated rings. The molecule has 1 aromatic rings. The van der Waals surface area contributed by atoms with Crippen molar-refractivity contribution >= 4 is 17.7 Å². The number of nitrogens with zero attached hydrogens (tertiary/aromatic N) is 4. The summed E-state index contributed by atoms with van der Waals surface area (Å²) in [5.74, 6) is 3.55. The van der Waals surface area contributed by atoms with Gasteiger partial charge < -0.3 is 15.0 Å². The van der Waals surface area contributed by atoms with E-state index in [1.807, 2.05) is 0 Å². The third-order valence-electron chi connectivity index (χ3n) is 6.54. The van der Waals surface area contributed by atoms with Crippen LogP contribution < -0.4 is 5.32 Å². The van der Waals surface area contributed by atoms with Gasteiger partial charge in [-0.3, -0.25) is 14.8 Å². The Bertz CT molecular complexity index is 665. The molecule has 0 aromatic heterocycles. The molecule has 0 radical (unpaired) electrons. The number of piperazine rings is 1. The highest BCUT2D eigenvalue weighted by Crippen LogP contribution is 2.34. The van der Waals surface area contributed by atoms with Crippen molar-refractivity contribution in [2.45, 2.75) is 25.4 Å². The summed E-state index contributed by atoms with van der Waals surface area (Å²) in [5.41, 5.74) is 1.61. The molecule has 4 rings (SSSR count). The van der Waals surface area contributed by atoms with Gasteiger partial charge in [-0.1, -0.05) is 30.3 Å². The first-order valence-electron chi connectivity index (χ1n) is 11.5. The molecule has 30 heavy (non-hydrogen) atoms. The average Bonchev–Trinajstić information content (AvgIpc) is 3.29. The topological polar surface area (TPSA) is 43.3 Å². The van der Waals surface area contributed by atoms with Crippen molar-refractivity contribution in [1.29, 1.82) is 0 Å². The molecule has 3 heterocycles. The van der Waals surface area contributed by atoms with E-state index in [4.69, 9.17) is 9.73 Å². The van der Waals surface area contributed by atoms with Crippen LogP contribution in [0.5, 0.6) is 0 Å². The molecular formula is C23H37N5OS. The van der Waals surface area contributed by atoms with Gasteiger partial charge in [-0.25, -0.2) is 0 Å². The minimum atomic E-state index is 0.213. The van der Waals surface area contributed by atoms with E-state index in [-0.39, 0.29) is 5.54 Å². The van der Waals surface area contributed by atoms with E-state index < -0.39 is 0 Å². The van der Waals surface area contributed by atoms with Gasteiger partial charge >= 0.3 is 0 Å². The fourth-order valence-corrected chi connectivity index (χ4v) is 6.18. The SMILES string of the molecule is CCNC(=NCC1(N2CCOCC2)CCSC1)N1CCN(Cc2ccccc2)CC1. The van der Waals surface area contributed by atoms with Gasteiger partial charge in [0, 0.05) is 58.1 Å². The fraction of sp³-hybridized carbons (Fsp3) is 0.696. The van der Waals surface area contributed by atoms with E-state index >= 15 is 0 Å². The zero-order valence-electron chi connectivity index (χ0n) is 18.4. The van der Waals surface area contributed by atoms with Gasteiger partial charge in [-0.05, 0) is 24.7 Å². The number of benzene rings is 1. The quantitative estimate of drug-likeness (QED) is 0.549. The third-order valence-corrected chi connectivity index (χ3v) is 7.78. The predicted molar refractivity (Wildman–Crippen MR) is 126 cm³/mol. The van der Waals surface area contributed by atoms with Crippen LogP contribution in [0.1, 0.15) is 18.9 Å². The van der Waals surface area contributed by atoms with Gasteiger partial charge in [-0.2, -0.15) is 11.8 Å². The highest BCUT2D eigenvalue weighted by Gasteiger charge is 2.40. The second kappa shape index (κ2) is 10.8.